The van der Waals surface area contributed by atoms with E-state index in [0.29, 0.717) is 24.2 Å². The van der Waals surface area contributed by atoms with E-state index in [0.717, 1.165) is 10.1 Å². The Balaban J connectivity index is 1.87. The lowest BCUT2D eigenvalue weighted by atomic mass is 10.0. The van der Waals surface area contributed by atoms with Crippen molar-refractivity contribution in [2.75, 3.05) is 6.54 Å². The first-order valence-electron chi connectivity index (χ1n) is 7.86. The Morgan fingerprint density at radius 1 is 1.46 bits per heavy atom. The Bertz CT molecular complexity index is 851. The molecule has 3 atom stereocenters. The molecule has 0 aliphatic carbocycles. The van der Waals surface area contributed by atoms with E-state index in [9.17, 15) is 18.0 Å². The number of aromatic nitrogens is 1. The molecular weight excluding hydrogens is 389 g/mol. The van der Waals surface area contributed by atoms with Crippen molar-refractivity contribution in [1.82, 2.24) is 10.3 Å². The molecule has 3 rings (SSSR count). The minimum Gasteiger partial charge on any atom is -0.489 e. The lowest BCUT2D eigenvalue weighted by molar-refractivity contribution is -0.119. The number of ether oxygens (including phenoxy) is 1. The molecule has 142 valence electrons. The average molecular weight is 406 g/mol. The number of halogens is 3. The van der Waals surface area contributed by atoms with Gasteiger partial charge in [0, 0.05) is 31.0 Å². The molecule has 1 aromatic carbocycles. The van der Waals surface area contributed by atoms with E-state index in [2.05, 4.69) is 10.3 Å². The van der Waals surface area contributed by atoms with Crippen LogP contribution in [0.4, 0.5) is 13.2 Å². The SMILES string of the molecule is C/C=S(/Oc1cc(O[C@H](C)[C@H]2CNC(=O)C2)c2scnc2c1)C(F)(F)F. The fourth-order valence-electron chi connectivity index (χ4n) is 2.64. The lowest BCUT2D eigenvalue weighted by Gasteiger charge is -2.21. The molecule has 2 heterocycles. The van der Waals surface area contributed by atoms with Crippen LogP contribution < -0.4 is 14.2 Å². The Morgan fingerprint density at radius 2 is 2.23 bits per heavy atom. The molecule has 1 aromatic heterocycles. The summed E-state index contributed by atoms with van der Waals surface area (Å²) in [6.45, 7) is 3.66. The van der Waals surface area contributed by atoms with E-state index in [4.69, 9.17) is 8.92 Å². The number of hydrogen-bond acceptors (Lipinski definition) is 5. The van der Waals surface area contributed by atoms with Gasteiger partial charge in [0.15, 0.2) is 0 Å². The largest absolute Gasteiger partial charge is 0.489 e. The molecule has 0 spiro atoms. The summed E-state index contributed by atoms with van der Waals surface area (Å²) in [4.78, 5) is 15.5. The Labute approximate surface area is 154 Å². The number of carbonyl (C=O) groups excluding carboxylic acids is 1. The van der Waals surface area contributed by atoms with Crippen molar-refractivity contribution in [1.29, 1.82) is 0 Å². The molecule has 26 heavy (non-hydrogen) atoms. The number of fused-ring (bicyclic) bond motifs is 1. The predicted molar refractivity (Wildman–Crippen MR) is 96.8 cm³/mol. The van der Waals surface area contributed by atoms with Crippen molar-refractivity contribution >= 4 is 43.6 Å². The number of rotatable bonds is 5. The zero-order valence-corrected chi connectivity index (χ0v) is 15.6. The second-order valence-corrected chi connectivity index (χ2v) is 8.33. The van der Waals surface area contributed by atoms with Gasteiger partial charge >= 0.3 is 5.51 Å². The topological polar surface area (TPSA) is 60.5 Å². The minimum atomic E-state index is -4.48. The highest BCUT2D eigenvalue weighted by Gasteiger charge is 2.35. The number of carbonyl (C=O) groups is 1. The first-order chi connectivity index (χ1) is 12.3. The third-order valence-corrected chi connectivity index (χ3v) is 6.10. The Kier molecular flexibility index (Phi) is 5.42. The molecule has 1 aliphatic rings. The van der Waals surface area contributed by atoms with Gasteiger partial charge in [0.1, 0.15) is 17.6 Å². The number of thiazole rings is 1. The summed E-state index contributed by atoms with van der Waals surface area (Å²) in [5, 5.41) is 3.73. The first kappa shape index (κ1) is 19.0. The standard InChI is InChI=1S/C16H17F3N2O3S2/c1-3-26(16(17,18)19)24-11-5-12-15(25-8-21-12)13(6-11)23-9(2)10-4-14(22)20-7-10/h3,5-6,8-10H,4,7H2,1-2H3,(H,20,22)/t9-,10-,26?/m1/s1. The van der Waals surface area contributed by atoms with Gasteiger partial charge in [-0.3, -0.25) is 4.79 Å². The van der Waals surface area contributed by atoms with Crippen molar-refractivity contribution in [2.24, 2.45) is 5.92 Å². The van der Waals surface area contributed by atoms with Gasteiger partial charge < -0.3 is 14.2 Å². The molecule has 1 unspecified atom stereocenters. The van der Waals surface area contributed by atoms with Gasteiger partial charge in [-0.15, -0.1) is 11.3 Å². The highest BCUT2D eigenvalue weighted by Crippen LogP contribution is 2.42. The van der Waals surface area contributed by atoms with Crippen molar-refractivity contribution in [3.8, 4) is 11.5 Å². The van der Waals surface area contributed by atoms with E-state index < -0.39 is 16.3 Å². The summed E-state index contributed by atoms with van der Waals surface area (Å²) in [6.07, 6.45) is 0.0824. The predicted octanol–water partition coefficient (Wildman–Crippen LogP) is 4.10. The van der Waals surface area contributed by atoms with Crippen LogP contribution in [-0.2, 0) is 4.79 Å². The van der Waals surface area contributed by atoms with E-state index in [1.165, 1.54) is 30.4 Å². The van der Waals surface area contributed by atoms with Crippen molar-refractivity contribution < 1.29 is 26.9 Å². The fraction of sp³-hybridized carbons (Fsp3) is 0.438. The molecule has 0 saturated carbocycles. The molecule has 1 fully saturated rings. The summed E-state index contributed by atoms with van der Waals surface area (Å²) >= 11 is 1.34. The third-order valence-electron chi connectivity index (χ3n) is 3.99. The van der Waals surface area contributed by atoms with E-state index in [1.807, 2.05) is 6.92 Å². The average Bonchev–Trinajstić information content (AvgIpc) is 3.20. The molecule has 1 saturated heterocycles. The molecule has 1 N–H and O–H groups in total. The monoisotopic (exact) mass is 406 g/mol. The maximum absolute atomic E-state index is 13.0. The zero-order chi connectivity index (χ0) is 18.9. The Morgan fingerprint density at radius 3 is 2.85 bits per heavy atom. The second kappa shape index (κ2) is 7.43. The number of alkyl halides is 3. The number of nitrogens with zero attached hydrogens (tertiary/aromatic N) is 1. The van der Waals surface area contributed by atoms with Crippen LogP contribution in [0.15, 0.2) is 17.6 Å². The van der Waals surface area contributed by atoms with Crippen LogP contribution in [0.1, 0.15) is 20.3 Å². The summed E-state index contributed by atoms with van der Waals surface area (Å²) in [6, 6.07) is 2.93. The fourth-order valence-corrected chi connectivity index (χ4v) is 4.13. The summed E-state index contributed by atoms with van der Waals surface area (Å²) in [7, 11) is -2.32. The quantitative estimate of drug-likeness (QED) is 0.760. The second-order valence-electron chi connectivity index (χ2n) is 5.78. The van der Waals surface area contributed by atoms with Crippen LogP contribution in [0.25, 0.3) is 10.2 Å². The molecule has 1 amide bonds. The highest BCUT2D eigenvalue weighted by atomic mass is 32.2. The van der Waals surface area contributed by atoms with Gasteiger partial charge in [-0.1, -0.05) is 0 Å². The normalized spacial score (nSPS) is 20.2. The van der Waals surface area contributed by atoms with Gasteiger partial charge in [0.05, 0.1) is 26.5 Å². The maximum Gasteiger partial charge on any atom is 0.470 e. The number of benzene rings is 1. The summed E-state index contributed by atoms with van der Waals surface area (Å²) in [5.74, 6) is 0.431. The van der Waals surface area contributed by atoms with Gasteiger partial charge in [-0.05, 0) is 19.2 Å². The molecule has 0 radical (unpaired) electrons. The molecular formula is C16H17F3N2O3S2. The maximum atomic E-state index is 13.0. The molecule has 5 nitrogen and oxygen atoms in total. The number of nitrogens with one attached hydrogen (secondary N) is 1. The van der Waals surface area contributed by atoms with Crippen molar-refractivity contribution in [3.63, 3.8) is 0 Å². The van der Waals surface area contributed by atoms with Gasteiger partial charge in [0.2, 0.25) is 5.91 Å². The molecule has 2 aromatic rings. The third kappa shape index (κ3) is 4.12. The van der Waals surface area contributed by atoms with Crippen LogP contribution in [0.5, 0.6) is 11.5 Å². The summed E-state index contributed by atoms with van der Waals surface area (Å²) in [5.41, 5.74) is -2.37. The highest BCUT2D eigenvalue weighted by molar-refractivity contribution is 8.11. The van der Waals surface area contributed by atoms with Crippen LogP contribution in [-0.4, -0.2) is 34.4 Å². The zero-order valence-electron chi connectivity index (χ0n) is 14.0. The number of amides is 1. The van der Waals surface area contributed by atoms with Crippen LogP contribution in [0, 0.1) is 5.92 Å². The van der Waals surface area contributed by atoms with Gasteiger partial charge in [0.25, 0.3) is 0 Å². The molecule has 10 heteroatoms. The Hall–Kier alpha value is -1.81. The van der Waals surface area contributed by atoms with E-state index in [-0.39, 0.29) is 23.7 Å². The minimum absolute atomic E-state index is 0.00354. The van der Waals surface area contributed by atoms with Crippen molar-refractivity contribution in [2.45, 2.75) is 31.9 Å². The van der Waals surface area contributed by atoms with Gasteiger partial charge in [-0.25, -0.2) is 4.98 Å². The number of hydrogen-bond donors (Lipinski definition) is 1. The van der Waals surface area contributed by atoms with Crippen LogP contribution in [0.2, 0.25) is 0 Å². The molecule has 1 aliphatic heterocycles. The lowest BCUT2D eigenvalue weighted by Crippen LogP contribution is -2.25. The smallest absolute Gasteiger partial charge is 0.470 e. The van der Waals surface area contributed by atoms with Crippen LogP contribution >= 0.6 is 22.1 Å². The first-order valence-corrected chi connectivity index (χ1v) is 9.95. The van der Waals surface area contributed by atoms with Gasteiger partial charge in [-0.2, -0.15) is 13.2 Å². The summed E-state index contributed by atoms with van der Waals surface area (Å²) < 4.78 is 50.8. The van der Waals surface area contributed by atoms with Crippen LogP contribution in [0.3, 0.4) is 0 Å². The molecule has 0 bridgehead atoms. The van der Waals surface area contributed by atoms with E-state index in [1.54, 1.807) is 5.51 Å². The van der Waals surface area contributed by atoms with Crippen molar-refractivity contribution in [3.05, 3.63) is 17.6 Å². The van der Waals surface area contributed by atoms with E-state index >= 15 is 0 Å².